The smallest absolute Gasteiger partial charge is 0.0994 e. The molecule has 1 unspecified atom stereocenters. The minimum absolute atomic E-state index is 0.398. The number of benzene rings is 1. The predicted molar refractivity (Wildman–Crippen MR) is 67.6 cm³/mol. The van der Waals surface area contributed by atoms with Gasteiger partial charge in [-0.25, -0.2) is 0 Å². The normalized spacial score (nSPS) is 12.0. The number of thiophene rings is 1. The van der Waals surface area contributed by atoms with E-state index in [1.165, 1.54) is 4.88 Å². The van der Waals surface area contributed by atoms with Crippen LogP contribution in [-0.2, 0) is 6.42 Å². The third-order valence-corrected chi connectivity index (χ3v) is 3.60. The van der Waals surface area contributed by atoms with Crippen LogP contribution in [0.5, 0.6) is 0 Å². The fraction of sp³-hybridized carbons (Fsp3) is 0.214. The quantitative estimate of drug-likeness (QED) is 0.778. The Bertz CT molecular complexity index is 494. The molecule has 1 heterocycles. The zero-order chi connectivity index (χ0) is 11.4. The Balaban J connectivity index is 2.21. The van der Waals surface area contributed by atoms with E-state index in [4.69, 9.17) is 5.26 Å². The summed E-state index contributed by atoms with van der Waals surface area (Å²) in [6.07, 6.45) is 1.01. The standard InChI is InChI=1S/C14H13NS/c1-11(9-13-6-4-8-16-13)14-7-3-2-5-12(14)10-15/h2-8,11H,9H2,1H3. The second-order valence-electron chi connectivity index (χ2n) is 3.88. The van der Waals surface area contributed by atoms with Crippen LogP contribution in [0.25, 0.3) is 0 Å². The molecule has 1 aromatic heterocycles. The van der Waals surface area contributed by atoms with Crippen LogP contribution < -0.4 is 0 Å². The molecule has 0 N–H and O–H groups in total. The summed E-state index contributed by atoms with van der Waals surface area (Å²) in [5.41, 5.74) is 1.95. The number of nitriles is 1. The molecule has 16 heavy (non-hydrogen) atoms. The fourth-order valence-electron chi connectivity index (χ4n) is 1.87. The largest absolute Gasteiger partial charge is 0.192 e. The van der Waals surface area contributed by atoms with Gasteiger partial charge >= 0.3 is 0 Å². The summed E-state index contributed by atoms with van der Waals surface area (Å²) < 4.78 is 0. The number of rotatable bonds is 3. The van der Waals surface area contributed by atoms with Crippen molar-refractivity contribution in [1.82, 2.24) is 0 Å². The van der Waals surface area contributed by atoms with E-state index in [1.807, 2.05) is 18.2 Å². The molecule has 2 heteroatoms. The van der Waals surface area contributed by atoms with Gasteiger partial charge in [0.05, 0.1) is 11.6 Å². The molecule has 0 aliphatic carbocycles. The van der Waals surface area contributed by atoms with Crippen LogP contribution in [0.3, 0.4) is 0 Å². The molecule has 0 saturated carbocycles. The Labute approximate surface area is 100.0 Å². The minimum Gasteiger partial charge on any atom is -0.192 e. The lowest BCUT2D eigenvalue weighted by atomic mass is 9.93. The molecule has 0 fully saturated rings. The average molecular weight is 227 g/mol. The van der Waals surface area contributed by atoms with Gasteiger partial charge in [0.15, 0.2) is 0 Å². The SMILES string of the molecule is CC(Cc1cccs1)c1ccccc1C#N. The first-order valence-corrected chi connectivity index (χ1v) is 6.20. The first-order chi connectivity index (χ1) is 7.81. The second kappa shape index (κ2) is 4.96. The maximum absolute atomic E-state index is 9.05. The lowest BCUT2D eigenvalue weighted by Gasteiger charge is -2.12. The third-order valence-electron chi connectivity index (χ3n) is 2.70. The Kier molecular flexibility index (Phi) is 3.38. The molecular formula is C14H13NS. The summed E-state index contributed by atoms with van der Waals surface area (Å²) in [7, 11) is 0. The average Bonchev–Trinajstić information content (AvgIpc) is 2.81. The minimum atomic E-state index is 0.398. The Morgan fingerprint density at radius 3 is 2.75 bits per heavy atom. The van der Waals surface area contributed by atoms with Gasteiger partial charge in [-0.15, -0.1) is 11.3 Å². The van der Waals surface area contributed by atoms with E-state index >= 15 is 0 Å². The molecule has 0 radical (unpaired) electrons. The van der Waals surface area contributed by atoms with Crippen LogP contribution in [-0.4, -0.2) is 0 Å². The van der Waals surface area contributed by atoms with Gasteiger partial charge in [-0.05, 0) is 35.4 Å². The zero-order valence-corrected chi connectivity index (χ0v) is 10.00. The molecule has 1 atom stereocenters. The van der Waals surface area contributed by atoms with Gasteiger partial charge in [0.1, 0.15) is 0 Å². The van der Waals surface area contributed by atoms with Crippen molar-refractivity contribution < 1.29 is 0 Å². The van der Waals surface area contributed by atoms with Crippen LogP contribution in [0.2, 0.25) is 0 Å². The number of hydrogen-bond donors (Lipinski definition) is 0. The third kappa shape index (κ3) is 2.32. The van der Waals surface area contributed by atoms with Crippen molar-refractivity contribution >= 4 is 11.3 Å². The highest BCUT2D eigenvalue weighted by Gasteiger charge is 2.10. The van der Waals surface area contributed by atoms with Gasteiger partial charge in [-0.3, -0.25) is 0 Å². The second-order valence-corrected chi connectivity index (χ2v) is 4.92. The van der Waals surface area contributed by atoms with Crippen LogP contribution >= 0.6 is 11.3 Å². The predicted octanol–water partition coefficient (Wildman–Crippen LogP) is 3.97. The van der Waals surface area contributed by atoms with Crippen molar-refractivity contribution in [1.29, 1.82) is 5.26 Å². The topological polar surface area (TPSA) is 23.8 Å². The van der Waals surface area contributed by atoms with Gasteiger partial charge < -0.3 is 0 Å². The van der Waals surface area contributed by atoms with E-state index < -0.39 is 0 Å². The highest BCUT2D eigenvalue weighted by Crippen LogP contribution is 2.25. The zero-order valence-electron chi connectivity index (χ0n) is 9.18. The number of nitrogens with zero attached hydrogens (tertiary/aromatic N) is 1. The van der Waals surface area contributed by atoms with Gasteiger partial charge in [-0.1, -0.05) is 31.2 Å². The molecule has 0 spiro atoms. The van der Waals surface area contributed by atoms with Crippen LogP contribution in [0, 0.1) is 11.3 Å². The molecule has 0 saturated heterocycles. The summed E-state index contributed by atoms with van der Waals surface area (Å²) in [4.78, 5) is 1.38. The van der Waals surface area contributed by atoms with Crippen LogP contribution in [0.15, 0.2) is 41.8 Å². The Morgan fingerprint density at radius 2 is 2.06 bits per heavy atom. The van der Waals surface area contributed by atoms with Crippen molar-refractivity contribution in [3.8, 4) is 6.07 Å². The summed E-state index contributed by atoms with van der Waals surface area (Å²) in [5.74, 6) is 0.398. The summed E-state index contributed by atoms with van der Waals surface area (Å²) >= 11 is 1.78. The summed E-state index contributed by atoms with van der Waals surface area (Å²) in [5, 5.41) is 11.1. The molecule has 80 valence electrons. The molecule has 0 aliphatic heterocycles. The summed E-state index contributed by atoms with van der Waals surface area (Å²) in [6.45, 7) is 2.18. The van der Waals surface area contributed by atoms with Gasteiger partial charge in [0.2, 0.25) is 0 Å². The van der Waals surface area contributed by atoms with Gasteiger partial charge in [-0.2, -0.15) is 5.26 Å². The molecule has 1 nitrogen and oxygen atoms in total. The molecule has 0 aliphatic rings. The van der Waals surface area contributed by atoms with Crippen LogP contribution in [0.4, 0.5) is 0 Å². The van der Waals surface area contributed by atoms with E-state index in [0.29, 0.717) is 5.92 Å². The van der Waals surface area contributed by atoms with Crippen molar-refractivity contribution in [2.45, 2.75) is 19.3 Å². The molecule has 2 rings (SSSR count). The van der Waals surface area contributed by atoms with Crippen molar-refractivity contribution in [3.63, 3.8) is 0 Å². The lowest BCUT2D eigenvalue weighted by molar-refractivity contribution is 0.766. The maximum Gasteiger partial charge on any atom is 0.0994 e. The van der Waals surface area contributed by atoms with E-state index in [2.05, 4.69) is 36.6 Å². The van der Waals surface area contributed by atoms with Crippen LogP contribution in [0.1, 0.15) is 28.8 Å². The Morgan fingerprint density at radius 1 is 1.25 bits per heavy atom. The first-order valence-electron chi connectivity index (χ1n) is 5.32. The highest BCUT2D eigenvalue weighted by atomic mass is 32.1. The van der Waals surface area contributed by atoms with Gasteiger partial charge in [0, 0.05) is 4.88 Å². The molecule has 0 amide bonds. The molecule has 2 aromatic rings. The van der Waals surface area contributed by atoms with Crippen molar-refractivity contribution in [2.24, 2.45) is 0 Å². The first kappa shape index (κ1) is 10.9. The molecule has 1 aromatic carbocycles. The molecule has 0 bridgehead atoms. The molecular weight excluding hydrogens is 214 g/mol. The van der Waals surface area contributed by atoms with Gasteiger partial charge in [0.25, 0.3) is 0 Å². The summed E-state index contributed by atoms with van der Waals surface area (Å²) in [6, 6.07) is 14.3. The van der Waals surface area contributed by atoms with Crippen molar-refractivity contribution in [3.05, 3.63) is 57.8 Å². The maximum atomic E-state index is 9.05. The highest BCUT2D eigenvalue weighted by molar-refractivity contribution is 7.09. The number of hydrogen-bond acceptors (Lipinski definition) is 2. The van der Waals surface area contributed by atoms with E-state index in [1.54, 1.807) is 11.3 Å². The van der Waals surface area contributed by atoms with Crippen molar-refractivity contribution in [2.75, 3.05) is 0 Å². The van der Waals surface area contributed by atoms with E-state index in [9.17, 15) is 0 Å². The lowest BCUT2D eigenvalue weighted by Crippen LogP contribution is -1.99. The van der Waals surface area contributed by atoms with E-state index in [-0.39, 0.29) is 0 Å². The van der Waals surface area contributed by atoms with E-state index in [0.717, 1.165) is 17.5 Å². The fourth-order valence-corrected chi connectivity index (χ4v) is 2.70. The monoisotopic (exact) mass is 227 g/mol. The Hall–Kier alpha value is -1.59.